The highest BCUT2D eigenvalue weighted by atomic mass is 16.3. The lowest BCUT2D eigenvalue weighted by atomic mass is 9.91. The van der Waals surface area contributed by atoms with Crippen LogP contribution in [0.3, 0.4) is 0 Å². The SMILES string of the molecule is CC(O)(CNC1CCN(C2CCCCC2)CC1)c1ccccc1. The normalized spacial score (nSPS) is 24.4. The summed E-state index contributed by atoms with van der Waals surface area (Å²) < 4.78 is 0. The zero-order valence-corrected chi connectivity index (χ0v) is 14.5. The van der Waals surface area contributed by atoms with Crippen molar-refractivity contribution < 1.29 is 5.11 Å². The van der Waals surface area contributed by atoms with Crippen molar-refractivity contribution in [1.29, 1.82) is 0 Å². The van der Waals surface area contributed by atoms with Crippen LogP contribution >= 0.6 is 0 Å². The second-order valence-corrected chi connectivity index (χ2v) is 7.62. The fourth-order valence-electron chi connectivity index (χ4n) is 4.16. The Kier molecular flexibility index (Phi) is 5.73. The van der Waals surface area contributed by atoms with E-state index in [1.165, 1.54) is 58.0 Å². The molecule has 1 saturated carbocycles. The summed E-state index contributed by atoms with van der Waals surface area (Å²) in [7, 11) is 0. The molecule has 128 valence electrons. The molecular formula is C20H32N2O. The molecule has 23 heavy (non-hydrogen) atoms. The van der Waals surface area contributed by atoms with Crippen LogP contribution in [0.15, 0.2) is 30.3 Å². The van der Waals surface area contributed by atoms with Crippen LogP contribution in [0.5, 0.6) is 0 Å². The van der Waals surface area contributed by atoms with Crippen molar-refractivity contribution in [2.24, 2.45) is 0 Å². The van der Waals surface area contributed by atoms with E-state index in [-0.39, 0.29) is 0 Å². The summed E-state index contributed by atoms with van der Waals surface area (Å²) in [6.07, 6.45) is 9.50. The maximum absolute atomic E-state index is 10.7. The monoisotopic (exact) mass is 316 g/mol. The number of rotatable bonds is 5. The van der Waals surface area contributed by atoms with Crippen molar-refractivity contribution in [2.75, 3.05) is 19.6 Å². The first-order chi connectivity index (χ1) is 11.1. The maximum Gasteiger partial charge on any atom is 0.0992 e. The number of hydrogen-bond acceptors (Lipinski definition) is 3. The van der Waals surface area contributed by atoms with Crippen molar-refractivity contribution in [3.05, 3.63) is 35.9 Å². The van der Waals surface area contributed by atoms with Crippen molar-refractivity contribution in [3.63, 3.8) is 0 Å². The average Bonchev–Trinajstić information content (AvgIpc) is 2.62. The first-order valence-corrected chi connectivity index (χ1v) is 9.40. The second-order valence-electron chi connectivity index (χ2n) is 7.62. The van der Waals surface area contributed by atoms with E-state index in [0.29, 0.717) is 12.6 Å². The topological polar surface area (TPSA) is 35.5 Å². The Labute approximate surface area is 141 Å². The minimum atomic E-state index is -0.790. The third-order valence-electron chi connectivity index (χ3n) is 5.75. The van der Waals surface area contributed by atoms with Crippen LogP contribution in [0.2, 0.25) is 0 Å². The summed E-state index contributed by atoms with van der Waals surface area (Å²) in [5.74, 6) is 0. The van der Waals surface area contributed by atoms with E-state index < -0.39 is 5.60 Å². The summed E-state index contributed by atoms with van der Waals surface area (Å²) in [5.41, 5.74) is 0.203. The molecule has 0 amide bonds. The molecule has 3 heteroatoms. The number of aliphatic hydroxyl groups is 1. The molecule has 0 aromatic heterocycles. The van der Waals surface area contributed by atoms with Crippen molar-refractivity contribution >= 4 is 0 Å². The molecule has 2 fully saturated rings. The largest absolute Gasteiger partial charge is 0.384 e. The smallest absolute Gasteiger partial charge is 0.0992 e. The Hall–Kier alpha value is -0.900. The van der Waals surface area contributed by atoms with E-state index in [1.807, 2.05) is 37.3 Å². The molecule has 0 radical (unpaired) electrons. The molecule has 1 aliphatic heterocycles. The zero-order chi connectivity index (χ0) is 16.1. The van der Waals surface area contributed by atoms with Gasteiger partial charge < -0.3 is 15.3 Å². The van der Waals surface area contributed by atoms with Gasteiger partial charge in [0.2, 0.25) is 0 Å². The molecule has 3 rings (SSSR count). The lowest BCUT2D eigenvalue weighted by Crippen LogP contribution is -2.49. The van der Waals surface area contributed by atoms with Crippen LogP contribution in [0.1, 0.15) is 57.4 Å². The van der Waals surface area contributed by atoms with Crippen LogP contribution in [-0.4, -0.2) is 41.7 Å². The second kappa shape index (κ2) is 7.78. The molecule has 0 spiro atoms. The molecule has 1 aromatic carbocycles. The first-order valence-electron chi connectivity index (χ1n) is 9.40. The molecule has 2 aliphatic rings. The minimum Gasteiger partial charge on any atom is -0.384 e. The molecule has 1 aromatic rings. The van der Waals surface area contributed by atoms with E-state index in [9.17, 15) is 5.11 Å². The van der Waals surface area contributed by atoms with Gasteiger partial charge in [0.25, 0.3) is 0 Å². The highest BCUT2D eigenvalue weighted by molar-refractivity contribution is 5.21. The van der Waals surface area contributed by atoms with E-state index in [2.05, 4.69) is 10.2 Å². The number of nitrogens with one attached hydrogen (secondary N) is 1. The molecule has 1 aliphatic carbocycles. The van der Waals surface area contributed by atoms with Gasteiger partial charge in [-0.25, -0.2) is 0 Å². The molecule has 1 heterocycles. The van der Waals surface area contributed by atoms with Gasteiger partial charge in [0, 0.05) is 18.6 Å². The first kappa shape index (κ1) is 16.9. The van der Waals surface area contributed by atoms with Crippen LogP contribution in [-0.2, 0) is 5.60 Å². The van der Waals surface area contributed by atoms with Crippen molar-refractivity contribution in [3.8, 4) is 0 Å². The third-order valence-corrected chi connectivity index (χ3v) is 5.75. The average molecular weight is 316 g/mol. The third kappa shape index (κ3) is 4.56. The molecule has 2 N–H and O–H groups in total. The predicted octanol–water partition coefficient (Wildman–Crippen LogP) is 3.28. The molecule has 1 atom stereocenters. The fourth-order valence-corrected chi connectivity index (χ4v) is 4.16. The zero-order valence-electron chi connectivity index (χ0n) is 14.5. The number of piperidine rings is 1. The van der Waals surface area contributed by atoms with Gasteiger partial charge in [-0.1, -0.05) is 49.6 Å². The van der Waals surface area contributed by atoms with E-state index in [0.717, 1.165) is 11.6 Å². The molecule has 1 unspecified atom stereocenters. The lowest BCUT2D eigenvalue weighted by Gasteiger charge is -2.40. The van der Waals surface area contributed by atoms with E-state index in [4.69, 9.17) is 0 Å². The van der Waals surface area contributed by atoms with E-state index in [1.54, 1.807) is 0 Å². The molecule has 0 bridgehead atoms. The summed E-state index contributed by atoms with van der Waals surface area (Å²) in [6.45, 7) is 4.98. The van der Waals surface area contributed by atoms with Crippen LogP contribution in [0.4, 0.5) is 0 Å². The molecule has 3 nitrogen and oxygen atoms in total. The summed E-state index contributed by atoms with van der Waals surface area (Å²) >= 11 is 0. The molecule has 1 saturated heterocycles. The summed E-state index contributed by atoms with van der Waals surface area (Å²) in [5, 5.41) is 14.3. The van der Waals surface area contributed by atoms with Crippen LogP contribution in [0.25, 0.3) is 0 Å². The quantitative estimate of drug-likeness (QED) is 0.875. The highest BCUT2D eigenvalue weighted by Gasteiger charge is 2.28. The Morgan fingerprint density at radius 2 is 1.70 bits per heavy atom. The number of hydrogen-bond donors (Lipinski definition) is 2. The van der Waals surface area contributed by atoms with Gasteiger partial charge in [-0.05, 0) is 51.3 Å². The number of likely N-dealkylation sites (tertiary alicyclic amines) is 1. The highest BCUT2D eigenvalue weighted by Crippen LogP contribution is 2.26. The molecular weight excluding hydrogens is 284 g/mol. The summed E-state index contributed by atoms with van der Waals surface area (Å²) in [4.78, 5) is 2.71. The standard InChI is InChI=1S/C20H32N2O/c1-20(23,17-8-4-2-5-9-17)16-21-18-12-14-22(15-13-18)19-10-6-3-7-11-19/h2,4-5,8-9,18-19,21,23H,3,6-7,10-16H2,1H3. The lowest BCUT2D eigenvalue weighted by molar-refractivity contribution is 0.0472. The van der Waals surface area contributed by atoms with Gasteiger partial charge in [-0.15, -0.1) is 0 Å². The maximum atomic E-state index is 10.7. The Morgan fingerprint density at radius 1 is 1.04 bits per heavy atom. The van der Waals surface area contributed by atoms with Gasteiger partial charge in [0.1, 0.15) is 0 Å². The Balaban J connectivity index is 1.44. The summed E-state index contributed by atoms with van der Waals surface area (Å²) in [6, 6.07) is 11.4. The van der Waals surface area contributed by atoms with Crippen LogP contribution < -0.4 is 5.32 Å². The van der Waals surface area contributed by atoms with Gasteiger partial charge in [-0.3, -0.25) is 0 Å². The number of nitrogens with zero attached hydrogens (tertiary/aromatic N) is 1. The number of benzene rings is 1. The van der Waals surface area contributed by atoms with Gasteiger partial charge in [-0.2, -0.15) is 0 Å². The van der Waals surface area contributed by atoms with E-state index >= 15 is 0 Å². The minimum absolute atomic E-state index is 0.546. The van der Waals surface area contributed by atoms with Gasteiger partial charge in [0.15, 0.2) is 0 Å². The van der Waals surface area contributed by atoms with Crippen LogP contribution in [0, 0.1) is 0 Å². The predicted molar refractivity (Wildman–Crippen MR) is 95.5 cm³/mol. The van der Waals surface area contributed by atoms with Crippen molar-refractivity contribution in [1.82, 2.24) is 10.2 Å². The fraction of sp³-hybridized carbons (Fsp3) is 0.700. The van der Waals surface area contributed by atoms with Gasteiger partial charge in [0.05, 0.1) is 5.60 Å². The van der Waals surface area contributed by atoms with Crippen molar-refractivity contribution in [2.45, 2.75) is 69.6 Å². The Bertz CT molecular complexity index is 460. The Morgan fingerprint density at radius 3 is 2.35 bits per heavy atom. The van der Waals surface area contributed by atoms with Gasteiger partial charge >= 0.3 is 0 Å².